The molecule has 188 valence electrons. The number of carbonyl (C=O) groups excluding carboxylic acids is 1. The smallest absolute Gasteiger partial charge is 0.262 e. The molecule has 4 aromatic rings. The van der Waals surface area contributed by atoms with Crippen molar-refractivity contribution in [2.24, 2.45) is 0 Å². The van der Waals surface area contributed by atoms with Crippen LogP contribution >= 0.6 is 0 Å². The van der Waals surface area contributed by atoms with E-state index in [9.17, 15) is 9.59 Å². The molecule has 0 aliphatic rings. The summed E-state index contributed by atoms with van der Waals surface area (Å²) in [5, 5.41) is 3.27. The van der Waals surface area contributed by atoms with Crippen molar-refractivity contribution in [3.63, 3.8) is 0 Å². The van der Waals surface area contributed by atoms with Gasteiger partial charge in [0.1, 0.15) is 5.65 Å². The van der Waals surface area contributed by atoms with Crippen LogP contribution in [0.5, 0.6) is 0 Å². The Balaban J connectivity index is 1.47. The molecule has 7 nitrogen and oxygen atoms in total. The van der Waals surface area contributed by atoms with E-state index in [0.717, 1.165) is 37.9 Å². The van der Waals surface area contributed by atoms with Gasteiger partial charge in [0.15, 0.2) is 0 Å². The first-order valence-electron chi connectivity index (χ1n) is 12.8. The Bertz CT molecular complexity index is 1260. The van der Waals surface area contributed by atoms with Gasteiger partial charge in [-0.05, 0) is 23.1 Å². The van der Waals surface area contributed by atoms with E-state index in [4.69, 9.17) is 0 Å². The number of benzene rings is 2. The molecular weight excluding hydrogens is 450 g/mol. The second kappa shape index (κ2) is 12.8. The van der Waals surface area contributed by atoms with Gasteiger partial charge in [0.05, 0.1) is 5.39 Å². The summed E-state index contributed by atoms with van der Waals surface area (Å²) in [6, 6.07) is 20.6. The number of anilines is 1. The number of rotatable bonds is 13. The molecule has 0 bridgehead atoms. The fraction of sp³-hybridized carbons (Fsp3) is 0.345. The quantitative estimate of drug-likeness (QED) is 0.210. The molecule has 2 heterocycles. The van der Waals surface area contributed by atoms with Crippen molar-refractivity contribution in [1.82, 2.24) is 19.9 Å². The molecule has 2 aromatic carbocycles. The number of hydrogen-bond donors (Lipinski definition) is 3. The van der Waals surface area contributed by atoms with Crippen LogP contribution in [0.25, 0.3) is 11.0 Å². The SMILES string of the molecule is CCCCCCCC(=O)Nc1nc2[nH]cc(CN(Cc3ccccc3)Cc3ccccc3)c2c(=O)[nH]1. The van der Waals surface area contributed by atoms with Crippen molar-refractivity contribution in [2.75, 3.05) is 5.32 Å². The van der Waals surface area contributed by atoms with Crippen LogP contribution in [0.15, 0.2) is 71.7 Å². The van der Waals surface area contributed by atoms with Crippen LogP contribution in [0, 0.1) is 0 Å². The Morgan fingerprint density at radius 3 is 2.17 bits per heavy atom. The van der Waals surface area contributed by atoms with E-state index in [1.54, 1.807) is 0 Å². The Hall–Kier alpha value is -3.71. The summed E-state index contributed by atoms with van der Waals surface area (Å²) in [4.78, 5) is 38.0. The Kier molecular flexibility index (Phi) is 9.05. The van der Waals surface area contributed by atoms with E-state index < -0.39 is 0 Å². The number of aromatic amines is 2. The van der Waals surface area contributed by atoms with E-state index >= 15 is 0 Å². The van der Waals surface area contributed by atoms with Gasteiger partial charge in [-0.1, -0.05) is 93.3 Å². The van der Waals surface area contributed by atoms with Gasteiger partial charge in [-0.15, -0.1) is 0 Å². The zero-order valence-corrected chi connectivity index (χ0v) is 20.9. The summed E-state index contributed by atoms with van der Waals surface area (Å²) >= 11 is 0. The van der Waals surface area contributed by atoms with E-state index in [1.807, 2.05) is 42.6 Å². The molecule has 36 heavy (non-hydrogen) atoms. The highest BCUT2D eigenvalue weighted by Crippen LogP contribution is 2.19. The van der Waals surface area contributed by atoms with Crippen LogP contribution < -0.4 is 10.9 Å². The number of aromatic nitrogens is 3. The summed E-state index contributed by atoms with van der Waals surface area (Å²) in [6.45, 7) is 4.25. The first-order valence-corrected chi connectivity index (χ1v) is 12.8. The summed E-state index contributed by atoms with van der Waals surface area (Å²) in [6.07, 6.45) is 7.64. The minimum absolute atomic E-state index is 0.127. The number of fused-ring (bicyclic) bond motifs is 1. The van der Waals surface area contributed by atoms with Gasteiger partial charge in [-0.3, -0.25) is 24.8 Å². The van der Waals surface area contributed by atoms with Crippen LogP contribution in [-0.4, -0.2) is 25.8 Å². The second-order valence-corrected chi connectivity index (χ2v) is 9.28. The van der Waals surface area contributed by atoms with Crippen LogP contribution in [0.4, 0.5) is 5.95 Å². The lowest BCUT2D eigenvalue weighted by Gasteiger charge is -2.22. The van der Waals surface area contributed by atoms with E-state index in [-0.39, 0.29) is 17.4 Å². The molecule has 0 fully saturated rings. The third-order valence-corrected chi connectivity index (χ3v) is 6.28. The summed E-state index contributed by atoms with van der Waals surface area (Å²) in [5.41, 5.74) is 3.51. The minimum atomic E-state index is -0.256. The van der Waals surface area contributed by atoms with Crippen molar-refractivity contribution >= 4 is 22.9 Å². The molecule has 7 heteroatoms. The van der Waals surface area contributed by atoms with Gasteiger partial charge in [-0.25, -0.2) is 0 Å². The largest absolute Gasteiger partial charge is 0.346 e. The van der Waals surface area contributed by atoms with Gasteiger partial charge in [0.2, 0.25) is 11.9 Å². The van der Waals surface area contributed by atoms with Gasteiger partial charge in [0, 0.05) is 32.3 Å². The zero-order chi connectivity index (χ0) is 25.2. The highest BCUT2D eigenvalue weighted by molar-refractivity contribution is 5.90. The normalized spacial score (nSPS) is 11.3. The number of nitrogens with zero attached hydrogens (tertiary/aromatic N) is 2. The molecule has 3 N–H and O–H groups in total. The predicted molar refractivity (Wildman–Crippen MR) is 145 cm³/mol. The van der Waals surface area contributed by atoms with Crippen molar-refractivity contribution < 1.29 is 4.79 Å². The molecule has 0 saturated carbocycles. The lowest BCUT2D eigenvalue weighted by Crippen LogP contribution is -2.23. The maximum Gasteiger partial charge on any atom is 0.262 e. The van der Waals surface area contributed by atoms with Crippen molar-refractivity contribution in [2.45, 2.75) is 65.1 Å². The average molecular weight is 486 g/mol. The Labute approximate surface area is 212 Å². The standard InChI is InChI=1S/C29H35N5O2/c1-2-3-4-5-12-17-25(35)31-29-32-27-26(28(36)33-29)24(18-30-27)21-34(19-22-13-8-6-9-14-22)20-23-15-10-7-11-16-23/h6-11,13-16,18H,2-5,12,17,19-21H2,1H3,(H3,30,31,32,33,35,36). The Morgan fingerprint density at radius 1 is 0.889 bits per heavy atom. The van der Waals surface area contributed by atoms with Gasteiger partial charge < -0.3 is 4.98 Å². The van der Waals surface area contributed by atoms with Gasteiger partial charge in [0.25, 0.3) is 5.56 Å². The molecule has 0 radical (unpaired) electrons. The maximum absolute atomic E-state index is 13.0. The third kappa shape index (κ3) is 7.15. The average Bonchev–Trinajstić information content (AvgIpc) is 3.28. The highest BCUT2D eigenvalue weighted by Gasteiger charge is 2.16. The van der Waals surface area contributed by atoms with E-state index in [2.05, 4.69) is 56.4 Å². The number of H-pyrrole nitrogens is 2. The second-order valence-electron chi connectivity index (χ2n) is 9.28. The summed E-state index contributed by atoms with van der Waals surface area (Å²) < 4.78 is 0. The number of hydrogen-bond acceptors (Lipinski definition) is 4. The molecular formula is C29H35N5O2. The molecule has 0 spiro atoms. The van der Waals surface area contributed by atoms with E-state index in [0.29, 0.717) is 24.0 Å². The monoisotopic (exact) mass is 485 g/mol. The number of amides is 1. The Morgan fingerprint density at radius 2 is 1.53 bits per heavy atom. The number of unbranched alkanes of at least 4 members (excludes halogenated alkanes) is 4. The summed E-state index contributed by atoms with van der Waals surface area (Å²) in [5.74, 6) is 0.0579. The topological polar surface area (TPSA) is 93.9 Å². The van der Waals surface area contributed by atoms with Gasteiger partial charge in [-0.2, -0.15) is 4.98 Å². The highest BCUT2D eigenvalue weighted by atomic mass is 16.2. The molecule has 0 aliphatic heterocycles. The summed E-state index contributed by atoms with van der Waals surface area (Å²) in [7, 11) is 0. The van der Waals surface area contributed by atoms with Crippen LogP contribution in [0.2, 0.25) is 0 Å². The molecule has 1 amide bonds. The minimum Gasteiger partial charge on any atom is -0.346 e. The fourth-order valence-corrected chi connectivity index (χ4v) is 4.46. The number of nitrogens with one attached hydrogen (secondary N) is 3. The molecule has 0 atom stereocenters. The van der Waals surface area contributed by atoms with Gasteiger partial charge >= 0.3 is 0 Å². The molecule has 0 unspecified atom stereocenters. The lowest BCUT2D eigenvalue weighted by molar-refractivity contribution is -0.116. The van der Waals surface area contributed by atoms with Crippen molar-refractivity contribution in [3.05, 3.63) is 93.9 Å². The lowest BCUT2D eigenvalue weighted by atomic mass is 10.1. The first kappa shape index (κ1) is 25.4. The molecule has 0 aliphatic carbocycles. The van der Waals surface area contributed by atoms with Crippen LogP contribution in [0.1, 0.15) is 62.1 Å². The van der Waals surface area contributed by atoms with Crippen molar-refractivity contribution in [1.29, 1.82) is 0 Å². The maximum atomic E-state index is 13.0. The zero-order valence-electron chi connectivity index (χ0n) is 20.9. The molecule has 4 rings (SSSR count). The van der Waals surface area contributed by atoms with Crippen LogP contribution in [-0.2, 0) is 24.4 Å². The van der Waals surface area contributed by atoms with E-state index in [1.165, 1.54) is 24.0 Å². The fourth-order valence-electron chi connectivity index (χ4n) is 4.46. The predicted octanol–water partition coefficient (Wildman–Crippen LogP) is 5.75. The molecule has 2 aromatic heterocycles. The third-order valence-electron chi connectivity index (χ3n) is 6.28. The molecule has 0 saturated heterocycles. The first-order chi connectivity index (χ1) is 17.6. The van der Waals surface area contributed by atoms with Crippen LogP contribution in [0.3, 0.4) is 0 Å². The van der Waals surface area contributed by atoms with Crippen molar-refractivity contribution in [3.8, 4) is 0 Å². The number of carbonyl (C=O) groups is 1.